The number of benzene rings is 5. The fourth-order valence-corrected chi connectivity index (χ4v) is 5.92. The smallest absolute Gasteiger partial charge is 0.220 e. The first-order valence-electron chi connectivity index (χ1n) is 12.6. The van der Waals surface area contributed by atoms with E-state index in [1.165, 1.54) is 54.8 Å². The molecule has 0 aliphatic heterocycles. The van der Waals surface area contributed by atoms with Gasteiger partial charge < -0.3 is 0 Å². The summed E-state index contributed by atoms with van der Waals surface area (Å²) < 4.78 is 4.70. The zero-order valence-corrected chi connectivity index (χ0v) is 20.6. The molecule has 0 aliphatic rings. The molecule has 3 heterocycles. The Labute approximate surface area is 208 Å². The van der Waals surface area contributed by atoms with Crippen molar-refractivity contribution in [2.24, 2.45) is 0 Å². The Hall–Kier alpha value is -4.37. The summed E-state index contributed by atoms with van der Waals surface area (Å²) in [6, 6.07) is 35.5. The topological polar surface area (TPSA) is 21.7 Å². The molecule has 3 aromatic heterocycles. The van der Waals surface area contributed by atoms with Crippen LogP contribution in [0.25, 0.3) is 66.0 Å². The van der Waals surface area contributed by atoms with Crippen molar-refractivity contribution in [1.29, 1.82) is 0 Å². The molecule has 0 bridgehead atoms. The number of aromatic nitrogens is 3. The largest absolute Gasteiger partial charge is 0.277 e. The minimum absolute atomic E-state index is 0.0968. The molecule has 172 valence electrons. The Morgan fingerprint density at radius 2 is 1.36 bits per heavy atom. The Kier molecular flexibility index (Phi) is 3.67. The molecule has 5 aromatic carbocycles. The van der Waals surface area contributed by atoms with Crippen molar-refractivity contribution in [3.8, 4) is 11.1 Å². The van der Waals surface area contributed by atoms with Gasteiger partial charge in [-0.25, -0.2) is 4.98 Å². The molecule has 8 aromatic rings. The quantitative estimate of drug-likeness (QED) is 0.239. The van der Waals surface area contributed by atoms with Crippen LogP contribution in [-0.2, 0) is 5.41 Å². The lowest BCUT2D eigenvalue weighted by Gasteiger charge is -2.20. The summed E-state index contributed by atoms with van der Waals surface area (Å²) in [5.74, 6) is 0.974. The van der Waals surface area contributed by atoms with Crippen LogP contribution in [0.4, 0.5) is 0 Å². The normalized spacial score (nSPS) is 12.9. The number of imidazole rings is 2. The van der Waals surface area contributed by atoms with Gasteiger partial charge in [0, 0.05) is 10.8 Å². The van der Waals surface area contributed by atoms with E-state index in [0.29, 0.717) is 0 Å². The van der Waals surface area contributed by atoms with Crippen molar-refractivity contribution < 1.29 is 0 Å². The van der Waals surface area contributed by atoms with Crippen LogP contribution in [0.3, 0.4) is 0 Å². The first-order chi connectivity index (χ1) is 17.5. The molecule has 0 amide bonds. The standard InChI is InChI=1S/C33H25N3/c1-33(2,3)24-12-8-11-20(15-24)23-17-26-25-16-21-9-4-5-10-22(21)18-29(25)36-31(26)30(19-23)35-28-14-7-6-13-27(28)34-32(35)36/h4-19H,1-3H3. The van der Waals surface area contributed by atoms with E-state index in [1.54, 1.807) is 0 Å². The maximum absolute atomic E-state index is 5.11. The molecule has 8 rings (SSSR count). The Balaban J connectivity index is 1.59. The molecule has 0 atom stereocenters. The van der Waals surface area contributed by atoms with Crippen molar-refractivity contribution in [3.05, 3.63) is 103 Å². The van der Waals surface area contributed by atoms with Crippen LogP contribution in [-0.4, -0.2) is 13.8 Å². The van der Waals surface area contributed by atoms with Crippen LogP contribution < -0.4 is 0 Å². The molecule has 0 aliphatic carbocycles. The molecule has 0 radical (unpaired) electrons. The molecule has 36 heavy (non-hydrogen) atoms. The number of nitrogens with zero attached hydrogens (tertiary/aromatic N) is 3. The van der Waals surface area contributed by atoms with Crippen molar-refractivity contribution in [3.63, 3.8) is 0 Å². The molecule has 0 spiro atoms. The van der Waals surface area contributed by atoms with E-state index >= 15 is 0 Å². The molecular weight excluding hydrogens is 438 g/mol. The van der Waals surface area contributed by atoms with E-state index in [-0.39, 0.29) is 5.41 Å². The van der Waals surface area contributed by atoms with Crippen LogP contribution >= 0.6 is 0 Å². The van der Waals surface area contributed by atoms with E-state index in [1.807, 2.05) is 0 Å². The van der Waals surface area contributed by atoms with Crippen molar-refractivity contribution >= 4 is 54.9 Å². The van der Waals surface area contributed by atoms with Crippen LogP contribution in [0.5, 0.6) is 0 Å². The third-order valence-electron chi connectivity index (χ3n) is 7.75. The minimum atomic E-state index is 0.0968. The van der Waals surface area contributed by atoms with Gasteiger partial charge >= 0.3 is 0 Å². The molecule has 0 saturated carbocycles. The minimum Gasteiger partial charge on any atom is -0.277 e. The summed E-state index contributed by atoms with van der Waals surface area (Å²) in [5, 5.41) is 5.06. The van der Waals surface area contributed by atoms with Crippen LogP contribution in [0.1, 0.15) is 26.3 Å². The SMILES string of the molecule is CC(C)(C)c1cccc(-c2cc3c4cc5ccccc5cc4n4c3c(c2)n2c3ccccc3nc24)c1. The number of para-hydroxylation sites is 2. The summed E-state index contributed by atoms with van der Waals surface area (Å²) in [7, 11) is 0. The third kappa shape index (κ3) is 2.55. The van der Waals surface area contributed by atoms with Crippen molar-refractivity contribution in [1.82, 2.24) is 13.8 Å². The highest BCUT2D eigenvalue weighted by atomic mass is 15.2. The van der Waals surface area contributed by atoms with Crippen LogP contribution in [0, 0.1) is 0 Å². The first-order valence-corrected chi connectivity index (χ1v) is 12.6. The Morgan fingerprint density at radius 1 is 0.583 bits per heavy atom. The van der Waals surface area contributed by atoms with Gasteiger partial charge in [0.05, 0.1) is 27.6 Å². The van der Waals surface area contributed by atoms with Gasteiger partial charge in [-0.3, -0.25) is 8.80 Å². The average molecular weight is 464 g/mol. The highest BCUT2D eigenvalue weighted by molar-refractivity contribution is 6.19. The van der Waals surface area contributed by atoms with Gasteiger partial charge in [0.25, 0.3) is 0 Å². The van der Waals surface area contributed by atoms with E-state index in [9.17, 15) is 0 Å². The van der Waals surface area contributed by atoms with E-state index in [4.69, 9.17) is 4.98 Å². The zero-order chi connectivity index (χ0) is 24.2. The van der Waals surface area contributed by atoms with Gasteiger partial charge in [-0.15, -0.1) is 0 Å². The van der Waals surface area contributed by atoms with Gasteiger partial charge in [-0.2, -0.15) is 0 Å². The van der Waals surface area contributed by atoms with Gasteiger partial charge in [-0.1, -0.05) is 81.4 Å². The fraction of sp³-hybridized carbons (Fsp3) is 0.121. The Morgan fingerprint density at radius 3 is 2.19 bits per heavy atom. The summed E-state index contributed by atoms with van der Waals surface area (Å²) in [6.07, 6.45) is 0. The third-order valence-corrected chi connectivity index (χ3v) is 7.75. The summed E-state index contributed by atoms with van der Waals surface area (Å²) in [4.78, 5) is 5.11. The van der Waals surface area contributed by atoms with Gasteiger partial charge in [0.2, 0.25) is 5.78 Å². The number of rotatable bonds is 1. The number of fused-ring (bicyclic) bond motifs is 9. The van der Waals surface area contributed by atoms with Crippen molar-refractivity contribution in [2.45, 2.75) is 26.2 Å². The lowest BCUT2D eigenvalue weighted by Crippen LogP contribution is -2.10. The second-order valence-electron chi connectivity index (χ2n) is 11.0. The highest BCUT2D eigenvalue weighted by Crippen LogP contribution is 2.41. The van der Waals surface area contributed by atoms with Gasteiger partial charge in [0.15, 0.2) is 0 Å². The van der Waals surface area contributed by atoms with E-state index in [2.05, 4.69) is 127 Å². The zero-order valence-electron chi connectivity index (χ0n) is 20.6. The predicted molar refractivity (Wildman–Crippen MR) is 151 cm³/mol. The lowest BCUT2D eigenvalue weighted by atomic mass is 9.85. The lowest BCUT2D eigenvalue weighted by molar-refractivity contribution is 0.590. The molecule has 0 unspecified atom stereocenters. The monoisotopic (exact) mass is 463 g/mol. The maximum Gasteiger partial charge on any atom is 0.220 e. The number of hydrogen-bond acceptors (Lipinski definition) is 1. The molecule has 0 N–H and O–H groups in total. The van der Waals surface area contributed by atoms with E-state index in [0.717, 1.165) is 16.8 Å². The van der Waals surface area contributed by atoms with Gasteiger partial charge in [0.1, 0.15) is 0 Å². The maximum atomic E-state index is 5.11. The van der Waals surface area contributed by atoms with Crippen molar-refractivity contribution in [2.75, 3.05) is 0 Å². The van der Waals surface area contributed by atoms with Crippen LogP contribution in [0.2, 0.25) is 0 Å². The van der Waals surface area contributed by atoms with E-state index < -0.39 is 0 Å². The predicted octanol–water partition coefficient (Wildman–Crippen LogP) is 8.60. The fourth-order valence-electron chi connectivity index (χ4n) is 5.92. The van der Waals surface area contributed by atoms with Gasteiger partial charge in [-0.05, 0) is 69.3 Å². The number of hydrogen-bond donors (Lipinski definition) is 0. The highest BCUT2D eigenvalue weighted by Gasteiger charge is 2.22. The first kappa shape index (κ1) is 19.9. The Bertz CT molecular complexity index is 2130. The second-order valence-corrected chi connectivity index (χ2v) is 11.0. The molecule has 0 fully saturated rings. The molecule has 3 heteroatoms. The molecular formula is C33H25N3. The summed E-state index contributed by atoms with van der Waals surface area (Å²) in [5.41, 5.74) is 9.75. The summed E-state index contributed by atoms with van der Waals surface area (Å²) in [6.45, 7) is 6.83. The molecule has 3 nitrogen and oxygen atoms in total. The summed E-state index contributed by atoms with van der Waals surface area (Å²) >= 11 is 0. The second kappa shape index (κ2) is 6.64. The average Bonchev–Trinajstić information content (AvgIpc) is 3.52. The molecule has 0 saturated heterocycles. The van der Waals surface area contributed by atoms with Crippen LogP contribution in [0.15, 0.2) is 97.1 Å².